The number of nitrogens with zero attached hydrogens (tertiary/aromatic N) is 6. The first-order valence-corrected chi connectivity index (χ1v) is 9.44. The Kier molecular flexibility index (Phi) is 6.43. The smallest absolute Gasteiger partial charge is 0.332 e. The van der Waals surface area contributed by atoms with Crippen LogP contribution in [-0.4, -0.2) is 53.8 Å². The van der Waals surface area contributed by atoms with E-state index in [4.69, 9.17) is 4.74 Å². The van der Waals surface area contributed by atoms with E-state index in [0.717, 1.165) is 10.1 Å². The van der Waals surface area contributed by atoms with E-state index in [9.17, 15) is 14.7 Å². The number of hydrogen-bond donors (Lipinski definition) is 2. The van der Waals surface area contributed by atoms with Gasteiger partial charge in [0.25, 0.3) is 5.56 Å². The lowest BCUT2D eigenvalue weighted by atomic mass is 10.3. The van der Waals surface area contributed by atoms with E-state index in [0.29, 0.717) is 0 Å². The molecule has 3 aromatic heterocycles. The summed E-state index contributed by atoms with van der Waals surface area (Å²) in [7, 11) is 2.93. The zero-order valence-corrected chi connectivity index (χ0v) is 17.3. The molecule has 160 valence electrons. The van der Waals surface area contributed by atoms with Crippen LogP contribution in [0.5, 0.6) is 0 Å². The van der Waals surface area contributed by atoms with Gasteiger partial charge < -0.3 is 14.4 Å². The van der Waals surface area contributed by atoms with Crippen molar-refractivity contribution in [2.45, 2.75) is 32.6 Å². The maximum atomic E-state index is 12.8. The second-order valence-electron chi connectivity index (χ2n) is 7.12. The number of aliphatic hydroxyl groups is 1. The van der Waals surface area contributed by atoms with Crippen molar-refractivity contribution in [3.63, 3.8) is 0 Å². The number of fused-ring (bicyclic) bond motifs is 1. The Morgan fingerprint density at radius 3 is 2.73 bits per heavy atom. The van der Waals surface area contributed by atoms with E-state index in [1.807, 2.05) is 19.9 Å². The molecule has 0 aliphatic carbocycles. The van der Waals surface area contributed by atoms with Gasteiger partial charge >= 0.3 is 5.69 Å². The van der Waals surface area contributed by atoms with Gasteiger partial charge in [0, 0.05) is 32.1 Å². The Balaban J connectivity index is 2.02. The fourth-order valence-corrected chi connectivity index (χ4v) is 2.89. The molecule has 30 heavy (non-hydrogen) atoms. The second-order valence-corrected chi connectivity index (χ2v) is 7.12. The second kappa shape index (κ2) is 9.01. The molecule has 11 nitrogen and oxygen atoms in total. The van der Waals surface area contributed by atoms with Crippen LogP contribution < -0.4 is 16.7 Å². The van der Waals surface area contributed by atoms with Gasteiger partial charge in [-0.15, -0.1) is 0 Å². The molecular weight excluding hydrogens is 390 g/mol. The van der Waals surface area contributed by atoms with Gasteiger partial charge in [-0.1, -0.05) is 6.07 Å². The van der Waals surface area contributed by atoms with Gasteiger partial charge in [-0.3, -0.25) is 18.9 Å². The van der Waals surface area contributed by atoms with Crippen molar-refractivity contribution in [1.29, 1.82) is 0 Å². The van der Waals surface area contributed by atoms with E-state index in [1.165, 1.54) is 23.2 Å². The Hall–Kier alpha value is -3.31. The van der Waals surface area contributed by atoms with Crippen LogP contribution in [0, 0.1) is 0 Å². The number of aliphatic hydroxyl groups excluding tert-OH is 1. The van der Waals surface area contributed by atoms with Crippen LogP contribution in [-0.2, 0) is 25.4 Å². The standard InChI is InChI=1S/C19H25N7O4/c1-12(2)30-11-14(27)10-26-15-16(24(3)19(29)25(4)17(15)28)22-18(26)23-21-9-13-6-5-7-20-8-13/h5-9,12,14,27H,10-11H2,1-4H3,(H,22,23)/b21-9-. The summed E-state index contributed by atoms with van der Waals surface area (Å²) in [5.74, 6) is 0.215. The highest BCUT2D eigenvalue weighted by Crippen LogP contribution is 2.16. The number of rotatable bonds is 8. The van der Waals surface area contributed by atoms with Crippen molar-refractivity contribution in [2.24, 2.45) is 19.2 Å². The number of hydrogen-bond acceptors (Lipinski definition) is 8. The van der Waals surface area contributed by atoms with Crippen molar-refractivity contribution in [2.75, 3.05) is 12.0 Å². The Bertz CT molecular complexity index is 1160. The van der Waals surface area contributed by atoms with Crippen LogP contribution in [0.2, 0.25) is 0 Å². The van der Waals surface area contributed by atoms with Gasteiger partial charge in [0.2, 0.25) is 5.95 Å². The third kappa shape index (κ3) is 4.47. The number of ether oxygens (including phenoxy) is 1. The first kappa shape index (κ1) is 21.4. The lowest BCUT2D eigenvalue weighted by Gasteiger charge is -2.16. The van der Waals surface area contributed by atoms with Gasteiger partial charge in [0.1, 0.15) is 0 Å². The third-order valence-corrected chi connectivity index (χ3v) is 4.43. The van der Waals surface area contributed by atoms with E-state index >= 15 is 0 Å². The van der Waals surface area contributed by atoms with E-state index in [-0.39, 0.29) is 36.4 Å². The number of aromatic nitrogens is 5. The molecule has 0 spiro atoms. The topological polar surface area (TPSA) is 129 Å². The lowest BCUT2D eigenvalue weighted by molar-refractivity contribution is -0.000109. The van der Waals surface area contributed by atoms with Crippen molar-refractivity contribution in [1.82, 2.24) is 23.7 Å². The number of aryl methyl sites for hydroxylation is 1. The van der Waals surface area contributed by atoms with E-state index < -0.39 is 17.4 Å². The van der Waals surface area contributed by atoms with Gasteiger partial charge in [0.15, 0.2) is 11.2 Å². The summed E-state index contributed by atoms with van der Waals surface area (Å²) in [4.78, 5) is 33.4. The van der Waals surface area contributed by atoms with Crippen LogP contribution in [0.25, 0.3) is 11.2 Å². The summed E-state index contributed by atoms with van der Waals surface area (Å²) in [5.41, 5.74) is 2.93. The molecular formula is C19H25N7O4. The summed E-state index contributed by atoms with van der Waals surface area (Å²) < 4.78 is 9.25. The molecule has 0 radical (unpaired) electrons. The molecule has 3 heterocycles. The fourth-order valence-electron chi connectivity index (χ4n) is 2.89. The minimum atomic E-state index is -0.894. The number of imidazole rings is 1. The Morgan fingerprint density at radius 1 is 1.30 bits per heavy atom. The van der Waals surface area contributed by atoms with Crippen LogP contribution in [0.1, 0.15) is 19.4 Å². The maximum Gasteiger partial charge on any atom is 0.332 e. The number of hydrazone groups is 1. The average Bonchev–Trinajstić information content (AvgIpc) is 3.08. The summed E-state index contributed by atoms with van der Waals surface area (Å²) in [6.07, 6.45) is 3.90. The summed E-state index contributed by atoms with van der Waals surface area (Å²) in [5, 5.41) is 14.6. The predicted octanol–water partition coefficient (Wildman–Crippen LogP) is 0.0606. The predicted molar refractivity (Wildman–Crippen MR) is 113 cm³/mol. The molecule has 3 rings (SSSR count). The minimum absolute atomic E-state index is 0.0292. The van der Waals surface area contributed by atoms with Gasteiger partial charge in [-0.05, 0) is 19.9 Å². The summed E-state index contributed by atoms with van der Waals surface area (Å²) in [6.45, 7) is 3.85. The normalized spacial score (nSPS) is 12.9. The molecule has 0 aliphatic rings. The number of nitrogens with one attached hydrogen (secondary N) is 1. The highest BCUT2D eigenvalue weighted by molar-refractivity contribution is 5.80. The fraction of sp³-hybridized carbons (Fsp3) is 0.421. The van der Waals surface area contributed by atoms with Crippen LogP contribution >= 0.6 is 0 Å². The van der Waals surface area contributed by atoms with Crippen LogP contribution in [0.15, 0.2) is 39.2 Å². The molecule has 0 amide bonds. The first-order chi connectivity index (χ1) is 14.3. The molecule has 0 aromatic carbocycles. The highest BCUT2D eigenvalue weighted by Gasteiger charge is 2.21. The molecule has 11 heteroatoms. The SMILES string of the molecule is CC(C)OCC(O)Cn1c(N/N=C\c2cccnc2)nc2c1c(=O)n(C)c(=O)n2C. The van der Waals surface area contributed by atoms with Crippen molar-refractivity contribution >= 4 is 23.3 Å². The molecule has 1 atom stereocenters. The molecule has 3 aromatic rings. The van der Waals surface area contributed by atoms with E-state index in [2.05, 4.69) is 20.5 Å². The van der Waals surface area contributed by atoms with Gasteiger partial charge in [0.05, 0.1) is 31.6 Å². The molecule has 0 aliphatic heterocycles. The summed E-state index contributed by atoms with van der Waals surface area (Å²) in [6, 6.07) is 3.61. The van der Waals surface area contributed by atoms with Crippen molar-refractivity contribution < 1.29 is 9.84 Å². The zero-order chi connectivity index (χ0) is 21.8. The molecule has 0 bridgehead atoms. The number of pyridine rings is 1. The van der Waals surface area contributed by atoms with Crippen LogP contribution in [0.3, 0.4) is 0 Å². The molecule has 1 unspecified atom stereocenters. The number of anilines is 1. The van der Waals surface area contributed by atoms with Gasteiger partial charge in [-0.2, -0.15) is 10.1 Å². The first-order valence-electron chi connectivity index (χ1n) is 9.44. The average molecular weight is 415 g/mol. The van der Waals surface area contributed by atoms with Crippen molar-refractivity contribution in [3.05, 3.63) is 50.9 Å². The quantitative estimate of drug-likeness (QED) is 0.393. The Labute approximate surface area is 172 Å². The largest absolute Gasteiger partial charge is 0.389 e. The molecule has 0 fully saturated rings. The lowest BCUT2D eigenvalue weighted by Crippen LogP contribution is -2.38. The minimum Gasteiger partial charge on any atom is -0.389 e. The molecule has 0 saturated carbocycles. The highest BCUT2D eigenvalue weighted by atomic mass is 16.5. The monoisotopic (exact) mass is 415 g/mol. The molecule has 2 N–H and O–H groups in total. The third-order valence-electron chi connectivity index (χ3n) is 4.43. The van der Waals surface area contributed by atoms with Crippen molar-refractivity contribution in [3.8, 4) is 0 Å². The molecule has 0 saturated heterocycles. The zero-order valence-electron chi connectivity index (χ0n) is 17.3. The van der Waals surface area contributed by atoms with Gasteiger partial charge in [-0.25, -0.2) is 10.2 Å². The van der Waals surface area contributed by atoms with E-state index in [1.54, 1.807) is 24.7 Å². The maximum absolute atomic E-state index is 12.8. The Morgan fingerprint density at radius 2 is 2.07 bits per heavy atom. The summed E-state index contributed by atoms with van der Waals surface area (Å²) >= 11 is 0. The van der Waals surface area contributed by atoms with Crippen LogP contribution in [0.4, 0.5) is 5.95 Å².